The van der Waals surface area contributed by atoms with Crippen molar-refractivity contribution < 1.29 is 8.42 Å². The highest BCUT2D eigenvalue weighted by molar-refractivity contribution is 7.89. The number of rotatable bonds is 5. The highest BCUT2D eigenvalue weighted by atomic mass is 35.5. The highest BCUT2D eigenvalue weighted by Crippen LogP contribution is 2.36. The van der Waals surface area contributed by atoms with Gasteiger partial charge >= 0.3 is 0 Å². The van der Waals surface area contributed by atoms with Crippen LogP contribution in [0.2, 0.25) is 10.0 Å². The molecule has 0 atom stereocenters. The predicted octanol–water partition coefficient (Wildman–Crippen LogP) is 4.58. The van der Waals surface area contributed by atoms with E-state index in [2.05, 4.69) is 4.72 Å². The third kappa shape index (κ3) is 3.88. The van der Waals surface area contributed by atoms with E-state index in [1.54, 1.807) is 6.07 Å². The van der Waals surface area contributed by atoms with E-state index in [-0.39, 0.29) is 15.8 Å². The minimum atomic E-state index is -3.69. The average molecular weight is 338 g/mol. The van der Waals surface area contributed by atoms with E-state index in [0.29, 0.717) is 11.4 Å². The van der Waals surface area contributed by atoms with Crippen LogP contribution >= 0.6 is 23.2 Å². The molecule has 0 aliphatic heterocycles. The standard InChI is InChI=1S/C14H21Cl2NO2S/c1-6-14(4,5)17-20(18,19)11-8-7-10(9(2)3)12(15)13(11)16/h7-9,17H,6H2,1-5H3. The predicted molar refractivity (Wildman–Crippen MR) is 85.2 cm³/mol. The molecule has 0 radical (unpaired) electrons. The van der Waals surface area contributed by atoms with Crippen LogP contribution in [0.3, 0.4) is 0 Å². The zero-order valence-corrected chi connectivity index (χ0v) is 14.7. The summed E-state index contributed by atoms with van der Waals surface area (Å²) in [4.78, 5) is 0.0232. The monoisotopic (exact) mass is 337 g/mol. The van der Waals surface area contributed by atoms with Gasteiger partial charge in [0.25, 0.3) is 0 Å². The van der Waals surface area contributed by atoms with Gasteiger partial charge in [-0.25, -0.2) is 13.1 Å². The minimum Gasteiger partial charge on any atom is -0.207 e. The first-order valence-corrected chi connectivity index (χ1v) is 8.77. The summed E-state index contributed by atoms with van der Waals surface area (Å²) in [5.41, 5.74) is 0.302. The van der Waals surface area contributed by atoms with Crippen LogP contribution in [0.5, 0.6) is 0 Å². The van der Waals surface area contributed by atoms with Crippen molar-refractivity contribution in [3.05, 3.63) is 27.7 Å². The smallest absolute Gasteiger partial charge is 0.207 e. The van der Waals surface area contributed by atoms with Gasteiger partial charge in [0.2, 0.25) is 10.0 Å². The maximum Gasteiger partial charge on any atom is 0.242 e. The average Bonchev–Trinajstić information content (AvgIpc) is 2.30. The molecule has 0 saturated carbocycles. The molecule has 114 valence electrons. The first-order valence-electron chi connectivity index (χ1n) is 6.53. The summed E-state index contributed by atoms with van der Waals surface area (Å²) in [6.45, 7) is 9.51. The molecule has 3 nitrogen and oxygen atoms in total. The number of halogens is 2. The van der Waals surface area contributed by atoms with Gasteiger partial charge in [-0.05, 0) is 37.8 Å². The van der Waals surface area contributed by atoms with Crippen LogP contribution in [0.4, 0.5) is 0 Å². The number of sulfonamides is 1. The van der Waals surface area contributed by atoms with Gasteiger partial charge in [-0.3, -0.25) is 0 Å². The summed E-state index contributed by atoms with van der Waals surface area (Å²) in [5, 5.41) is 0.385. The molecule has 0 bridgehead atoms. The van der Waals surface area contributed by atoms with Gasteiger partial charge in [-0.2, -0.15) is 0 Å². The van der Waals surface area contributed by atoms with E-state index < -0.39 is 15.6 Å². The van der Waals surface area contributed by atoms with Crippen LogP contribution < -0.4 is 4.72 Å². The van der Waals surface area contributed by atoms with Crippen molar-refractivity contribution in [1.29, 1.82) is 0 Å². The van der Waals surface area contributed by atoms with E-state index in [4.69, 9.17) is 23.2 Å². The highest BCUT2D eigenvalue weighted by Gasteiger charge is 2.28. The van der Waals surface area contributed by atoms with Crippen LogP contribution in [-0.2, 0) is 10.0 Å². The summed E-state index contributed by atoms with van der Waals surface area (Å²) >= 11 is 12.3. The third-order valence-electron chi connectivity index (χ3n) is 3.28. The van der Waals surface area contributed by atoms with Crippen molar-refractivity contribution in [3.8, 4) is 0 Å². The van der Waals surface area contributed by atoms with E-state index in [1.807, 2.05) is 34.6 Å². The van der Waals surface area contributed by atoms with E-state index >= 15 is 0 Å². The fraction of sp³-hybridized carbons (Fsp3) is 0.571. The largest absolute Gasteiger partial charge is 0.242 e. The van der Waals surface area contributed by atoms with Gasteiger partial charge in [0, 0.05) is 5.54 Å². The Labute approximate surface area is 131 Å². The van der Waals surface area contributed by atoms with Crippen molar-refractivity contribution in [2.75, 3.05) is 0 Å². The summed E-state index contributed by atoms with van der Waals surface area (Å²) in [5.74, 6) is 0.178. The molecule has 1 rings (SSSR count). The number of hydrogen-bond acceptors (Lipinski definition) is 2. The molecule has 0 spiro atoms. The molecule has 1 aromatic rings. The van der Waals surface area contributed by atoms with Crippen LogP contribution in [0, 0.1) is 0 Å². The van der Waals surface area contributed by atoms with E-state index in [0.717, 1.165) is 5.56 Å². The minimum absolute atomic E-state index is 0.0232. The zero-order valence-electron chi connectivity index (χ0n) is 12.4. The molecule has 0 aliphatic carbocycles. The fourth-order valence-corrected chi connectivity index (χ4v) is 4.17. The lowest BCUT2D eigenvalue weighted by Gasteiger charge is -2.24. The van der Waals surface area contributed by atoms with Gasteiger partial charge in [0.05, 0.1) is 10.0 Å². The molecule has 20 heavy (non-hydrogen) atoms. The quantitative estimate of drug-likeness (QED) is 0.854. The second kappa shape index (κ2) is 6.22. The maximum atomic E-state index is 12.4. The zero-order chi connectivity index (χ0) is 15.7. The Balaban J connectivity index is 3.31. The van der Waals surface area contributed by atoms with Crippen molar-refractivity contribution in [3.63, 3.8) is 0 Å². The first-order chi connectivity index (χ1) is 9.02. The van der Waals surface area contributed by atoms with Crippen LogP contribution in [0.25, 0.3) is 0 Å². The van der Waals surface area contributed by atoms with Crippen molar-refractivity contribution in [2.24, 2.45) is 0 Å². The summed E-state index contributed by atoms with van der Waals surface area (Å²) in [7, 11) is -3.69. The number of benzene rings is 1. The Morgan fingerprint density at radius 2 is 1.75 bits per heavy atom. The summed E-state index contributed by atoms with van der Waals surface area (Å²) in [6, 6.07) is 3.23. The first kappa shape index (κ1) is 17.8. The Morgan fingerprint density at radius 1 is 1.20 bits per heavy atom. The topological polar surface area (TPSA) is 46.2 Å². The Kier molecular flexibility index (Phi) is 5.53. The molecule has 0 saturated heterocycles. The number of nitrogens with one attached hydrogen (secondary N) is 1. The molecule has 0 unspecified atom stereocenters. The SMILES string of the molecule is CCC(C)(C)NS(=O)(=O)c1ccc(C(C)C)c(Cl)c1Cl. The molecule has 1 aromatic carbocycles. The summed E-state index contributed by atoms with van der Waals surface area (Å²) in [6.07, 6.45) is 0.668. The van der Waals surface area contributed by atoms with Crippen LogP contribution in [0.1, 0.15) is 52.5 Å². The second-order valence-corrected chi connectivity index (χ2v) is 8.19. The van der Waals surface area contributed by atoms with Crippen molar-refractivity contribution in [1.82, 2.24) is 4.72 Å². The molecular weight excluding hydrogens is 317 g/mol. The van der Waals surface area contributed by atoms with Crippen molar-refractivity contribution in [2.45, 2.75) is 57.4 Å². The van der Waals surface area contributed by atoms with Gasteiger partial charge in [0.15, 0.2) is 0 Å². The molecule has 0 aliphatic rings. The Morgan fingerprint density at radius 3 is 2.20 bits per heavy atom. The van der Waals surface area contributed by atoms with Crippen molar-refractivity contribution >= 4 is 33.2 Å². The van der Waals surface area contributed by atoms with Gasteiger partial charge in [-0.1, -0.05) is 50.0 Å². The Hall–Kier alpha value is -0.290. The number of hydrogen-bond donors (Lipinski definition) is 1. The van der Waals surface area contributed by atoms with Gasteiger partial charge < -0.3 is 0 Å². The van der Waals surface area contributed by atoms with E-state index in [9.17, 15) is 8.42 Å². The Bertz CT molecular complexity index is 595. The third-order valence-corrected chi connectivity index (χ3v) is 6.03. The van der Waals surface area contributed by atoms with Crippen LogP contribution in [0.15, 0.2) is 17.0 Å². The van der Waals surface area contributed by atoms with Crippen LogP contribution in [-0.4, -0.2) is 14.0 Å². The second-order valence-electron chi connectivity index (χ2n) is 5.78. The molecule has 6 heteroatoms. The van der Waals surface area contributed by atoms with E-state index in [1.165, 1.54) is 6.07 Å². The lowest BCUT2D eigenvalue weighted by molar-refractivity contribution is 0.439. The normalized spacial score (nSPS) is 13.0. The molecule has 0 aromatic heterocycles. The molecule has 0 fully saturated rings. The molecule has 1 N–H and O–H groups in total. The fourth-order valence-electron chi connectivity index (χ4n) is 1.69. The van der Waals surface area contributed by atoms with Gasteiger partial charge in [0.1, 0.15) is 4.90 Å². The maximum absolute atomic E-state index is 12.4. The molecule has 0 heterocycles. The van der Waals surface area contributed by atoms with Gasteiger partial charge in [-0.15, -0.1) is 0 Å². The lowest BCUT2D eigenvalue weighted by atomic mass is 10.0. The molecular formula is C14H21Cl2NO2S. The lowest BCUT2D eigenvalue weighted by Crippen LogP contribution is -2.42. The molecule has 0 amide bonds. The summed E-state index contributed by atoms with van der Waals surface area (Å²) < 4.78 is 27.5.